The number of esters is 1. The average molecular weight is 398 g/mol. The Morgan fingerprint density at radius 3 is 2.96 bits per heavy atom. The van der Waals surface area contributed by atoms with Gasteiger partial charge in [-0.3, -0.25) is 4.79 Å². The van der Waals surface area contributed by atoms with Crippen molar-refractivity contribution in [1.82, 2.24) is 9.88 Å². The van der Waals surface area contributed by atoms with Crippen LogP contribution in [0.4, 0.5) is 0 Å². The second-order valence-electron chi connectivity index (χ2n) is 6.52. The second kappa shape index (κ2) is 9.09. The van der Waals surface area contributed by atoms with E-state index in [1.165, 1.54) is 11.8 Å². The molecule has 28 heavy (non-hydrogen) atoms. The zero-order valence-electron chi connectivity index (χ0n) is 16.3. The van der Waals surface area contributed by atoms with Gasteiger partial charge >= 0.3 is 5.97 Å². The Morgan fingerprint density at radius 2 is 2.25 bits per heavy atom. The SMILES string of the molecule is CCOC(=O)CSc1nc2c(c(-c3cccc(OC)c3)c1C#N)CN(C)CC2. The summed E-state index contributed by atoms with van der Waals surface area (Å²) in [4.78, 5) is 18.8. The van der Waals surface area contributed by atoms with Crippen molar-refractivity contribution in [2.24, 2.45) is 0 Å². The highest BCUT2D eigenvalue weighted by Crippen LogP contribution is 2.38. The standard InChI is InChI=1S/C21H23N3O3S/c1-4-27-19(25)13-28-21-16(11-22)20(14-6-5-7-15(10-14)26-3)17-12-24(2)9-8-18(17)23-21/h5-7,10H,4,8-9,12-13H2,1-3H3. The molecule has 1 aliphatic heterocycles. The van der Waals surface area contributed by atoms with E-state index in [-0.39, 0.29) is 11.7 Å². The molecule has 1 aliphatic rings. The lowest BCUT2D eigenvalue weighted by Gasteiger charge is -2.28. The summed E-state index contributed by atoms with van der Waals surface area (Å²) in [7, 11) is 3.69. The Balaban J connectivity index is 2.13. The number of carbonyl (C=O) groups is 1. The summed E-state index contributed by atoms with van der Waals surface area (Å²) in [6, 6.07) is 10.0. The van der Waals surface area contributed by atoms with Gasteiger partial charge in [-0.1, -0.05) is 23.9 Å². The van der Waals surface area contributed by atoms with E-state index in [4.69, 9.17) is 14.5 Å². The summed E-state index contributed by atoms with van der Waals surface area (Å²) >= 11 is 1.26. The molecule has 2 heterocycles. The molecular weight excluding hydrogens is 374 g/mol. The molecule has 6 nitrogen and oxygen atoms in total. The van der Waals surface area contributed by atoms with E-state index in [1.54, 1.807) is 14.0 Å². The molecule has 0 saturated heterocycles. The van der Waals surface area contributed by atoms with Gasteiger partial charge in [-0.25, -0.2) is 4.98 Å². The molecule has 0 unspecified atom stereocenters. The minimum atomic E-state index is -0.307. The minimum absolute atomic E-state index is 0.131. The maximum absolute atomic E-state index is 11.8. The van der Waals surface area contributed by atoms with Crippen LogP contribution >= 0.6 is 11.8 Å². The predicted octanol–water partition coefficient (Wildman–Crippen LogP) is 3.27. The number of fused-ring (bicyclic) bond motifs is 1. The molecular formula is C21H23N3O3S. The third-order valence-electron chi connectivity index (χ3n) is 4.61. The van der Waals surface area contributed by atoms with E-state index >= 15 is 0 Å². The lowest BCUT2D eigenvalue weighted by molar-refractivity contribution is -0.139. The summed E-state index contributed by atoms with van der Waals surface area (Å²) in [6.07, 6.45) is 0.807. The molecule has 0 bridgehead atoms. The van der Waals surface area contributed by atoms with Crippen molar-refractivity contribution in [1.29, 1.82) is 5.26 Å². The number of thioether (sulfide) groups is 1. The van der Waals surface area contributed by atoms with Gasteiger partial charge in [0.15, 0.2) is 0 Å². The highest BCUT2D eigenvalue weighted by Gasteiger charge is 2.25. The smallest absolute Gasteiger partial charge is 0.316 e. The molecule has 7 heteroatoms. The molecule has 0 radical (unpaired) electrons. The average Bonchev–Trinajstić information content (AvgIpc) is 2.71. The van der Waals surface area contributed by atoms with E-state index in [2.05, 4.69) is 18.0 Å². The van der Waals surface area contributed by atoms with Gasteiger partial charge in [0.1, 0.15) is 16.8 Å². The lowest BCUT2D eigenvalue weighted by Crippen LogP contribution is -2.28. The first kappa shape index (κ1) is 20.2. The Bertz CT molecular complexity index is 924. The first-order valence-electron chi connectivity index (χ1n) is 9.14. The molecule has 0 atom stereocenters. The van der Waals surface area contributed by atoms with Crippen molar-refractivity contribution in [3.8, 4) is 22.9 Å². The minimum Gasteiger partial charge on any atom is -0.497 e. The monoisotopic (exact) mass is 397 g/mol. The van der Waals surface area contributed by atoms with Crippen LogP contribution in [0, 0.1) is 11.3 Å². The third-order valence-corrected chi connectivity index (χ3v) is 5.56. The summed E-state index contributed by atoms with van der Waals surface area (Å²) in [5, 5.41) is 10.5. The zero-order valence-corrected chi connectivity index (χ0v) is 17.1. The van der Waals surface area contributed by atoms with Crippen LogP contribution in [0.15, 0.2) is 29.3 Å². The molecule has 0 saturated carbocycles. The van der Waals surface area contributed by atoms with Crippen molar-refractivity contribution >= 4 is 17.7 Å². The fourth-order valence-corrected chi connectivity index (χ4v) is 4.11. The highest BCUT2D eigenvalue weighted by atomic mass is 32.2. The van der Waals surface area contributed by atoms with Crippen LogP contribution in [0.2, 0.25) is 0 Å². The van der Waals surface area contributed by atoms with Gasteiger partial charge in [-0.05, 0) is 37.2 Å². The largest absolute Gasteiger partial charge is 0.497 e. The third kappa shape index (κ3) is 4.29. The molecule has 2 aromatic rings. The van der Waals surface area contributed by atoms with Gasteiger partial charge in [0, 0.05) is 30.8 Å². The number of hydrogen-bond donors (Lipinski definition) is 0. The number of pyridine rings is 1. The van der Waals surface area contributed by atoms with E-state index in [9.17, 15) is 10.1 Å². The highest BCUT2D eigenvalue weighted by molar-refractivity contribution is 7.99. The van der Waals surface area contributed by atoms with Gasteiger partial charge in [-0.2, -0.15) is 5.26 Å². The second-order valence-corrected chi connectivity index (χ2v) is 7.48. The Morgan fingerprint density at radius 1 is 1.43 bits per heavy atom. The zero-order chi connectivity index (χ0) is 20.1. The van der Waals surface area contributed by atoms with E-state index in [1.807, 2.05) is 24.3 Å². The Hall–Kier alpha value is -2.56. The van der Waals surface area contributed by atoms with Crippen LogP contribution in [0.5, 0.6) is 5.75 Å². The molecule has 0 aliphatic carbocycles. The molecule has 1 aromatic carbocycles. The lowest BCUT2D eigenvalue weighted by atomic mass is 9.91. The van der Waals surface area contributed by atoms with Crippen LogP contribution in [0.25, 0.3) is 11.1 Å². The number of nitriles is 1. The number of carbonyl (C=O) groups excluding carboxylic acids is 1. The maximum atomic E-state index is 11.8. The number of rotatable bonds is 6. The number of aromatic nitrogens is 1. The summed E-state index contributed by atoms with van der Waals surface area (Å²) in [5.74, 6) is 0.557. The predicted molar refractivity (Wildman–Crippen MR) is 108 cm³/mol. The van der Waals surface area contributed by atoms with Crippen molar-refractivity contribution in [3.63, 3.8) is 0 Å². The van der Waals surface area contributed by atoms with Crippen molar-refractivity contribution in [2.75, 3.05) is 33.1 Å². The van der Waals surface area contributed by atoms with Gasteiger partial charge < -0.3 is 14.4 Å². The number of likely N-dealkylation sites (N-methyl/N-ethyl adjacent to an activating group) is 1. The first-order valence-corrected chi connectivity index (χ1v) is 10.1. The van der Waals surface area contributed by atoms with Crippen LogP contribution < -0.4 is 4.74 Å². The quantitative estimate of drug-likeness (QED) is 0.547. The maximum Gasteiger partial charge on any atom is 0.316 e. The normalized spacial score (nSPS) is 13.5. The van der Waals surface area contributed by atoms with E-state index in [0.717, 1.165) is 47.6 Å². The van der Waals surface area contributed by atoms with Crippen molar-refractivity contribution in [3.05, 3.63) is 41.1 Å². The number of hydrogen-bond acceptors (Lipinski definition) is 7. The van der Waals surface area contributed by atoms with Crippen LogP contribution in [0.1, 0.15) is 23.7 Å². The summed E-state index contributed by atoms with van der Waals surface area (Å²) < 4.78 is 10.4. The van der Waals surface area contributed by atoms with Gasteiger partial charge in [-0.15, -0.1) is 0 Å². The number of benzene rings is 1. The fraction of sp³-hybridized carbons (Fsp3) is 0.381. The fourth-order valence-electron chi connectivity index (χ4n) is 3.31. The first-order chi connectivity index (χ1) is 13.6. The van der Waals surface area contributed by atoms with Gasteiger partial charge in [0.2, 0.25) is 0 Å². The molecule has 146 valence electrons. The van der Waals surface area contributed by atoms with Crippen LogP contribution in [0.3, 0.4) is 0 Å². The molecule has 0 N–H and O–H groups in total. The number of ether oxygens (including phenoxy) is 2. The number of methoxy groups -OCH3 is 1. The van der Waals surface area contributed by atoms with Crippen molar-refractivity contribution < 1.29 is 14.3 Å². The van der Waals surface area contributed by atoms with Crippen LogP contribution in [-0.4, -0.2) is 48.9 Å². The summed E-state index contributed by atoms with van der Waals surface area (Å²) in [5.41, 5.74) is 4.35. The molecule has 0 spiro atoms. The Kier molecular flexibility index (Phi) is 6.55. The molecule has 1 aromatic heterocycles. The van der Waals surface area contributed by atoms with Crippen LogP contribution in [-0.2, 0) is 22.5 Å². The van der Waals surface area contributed by atoms with Gasteiger partial charge in [0.05, 0.1) is 25.0 Å². The molecule has 3 rings (SSSR count). The topological polar surface area (TPSA) is 75.5 Å². The number of nitrogens with zero attached hydrogens (tertiary/aromatic N) is 3. The van der Waals surface area contributed by atoms with E-state index in [0.29, 0.717) is 17.2 Å². The van der Waals surface area contributed by atoms with Gasteiger partial charge in [0.25, 0.3) is 0 Å². The van der Waals surface area contributed by atoms with E-state index < -0.39 is 0 Å². The van der Waals surface area contributed by atoms with Crippen molar-refractivity contribution in [2.45, 2.75) is 24.9 Å². The Labute approximate surface area is 169 Å². The molecule has 0 amide bonds. The summed E-state index contributed by atoms with van der Waals surface area (Å²) in [6.45, 7) is 3.75. The molecule has 0 fully saturated rings.